The average molecular weight is 320 g/mol. The molecule has 2 rings (SSSR count). The minimum absolute atomic E-state index is 0.176. The number of benzene rings is 1. The van der Waals surface area contributed by atoms with E-state index in [4.69, 9.17) is 0 Å². The summed E-state index contributed by atoms with van der Waals surface area (Å²) < 4.78 is 29.1. The fraction of sp³-hybridized carbons (Fsp3) is 0.538. The lowest BCUT2D eigenvalue weighted by atomic mass is 10.2. The molecule has 0 unspecified atom stereocenters. The zero-order valence-electron chi connectivity index (χ0n) is 9.96. The van der Waals surface area contributed by atoms with E-state index in [1.54, 1.807) is 6.07 Å². The summed E-state index contributed by atoms with van der Waals surface area (Å²) in [5.74, 6) is 0.176. The van der Waals surface area contributed by atoms with Gasteiger partial charge in [0.2, 0.25) is 0 Å². The van der Waals surface area contributed by atoms with Crippen molar-refractivity contribution in [3.05, 3.63) is 28.2 Å². The maximum Gasteiger partial charge on any atom is 0.387 e. The third kappa shape index (κ3) is 3.92. The van der Waals surface area contributed by atoms with Crippen molar-refractivity contribution in [2.75, 3.05) is 0 Å². The molecule has 1 aliphatic rings. The Labute approximate surface area is 114 Å². The van der Waals surface area contributed by atoms with Crippen LogP contribution >= 0.6 is 15.9 Å². The number of rotatable bonds is 5. The zero-order chi connectivity index (χ0) is 13.0. The summed E-state index contributed by atoms with van der Waals surface area (Å²) in [6, 6.07) is 5.80. The normalized spacial score (nSPS) is 16.4. The Morgan fingerprint density at radius 3 is 2.67 bits per heavy atom. The molecule has 18 heavy (non-hydrogen) atoms. The van der Waals surface area contributed by atoms with E-state index in [1.807, 2.05) is 12.1 Å². The van der Waals surface area contributed by atoms with Crippen LogP contribution in [0.2, 0.25) is 0 Å². The lowest BCUT2D eigenvalue weighted by Crippen LogP contribution is -2.25. The van der Waals surface area contributed by atoms with Crippen molar-refractivity contribution in [2.24, 2.45) is 0 Å². The number of hydrogen-bond acceptors (Lipinski definition) is 2. The van der Waals surface area contributed by atoms with Crippen LogP contribution in [-0.2, 0) is 6.54 Å². The molecule has 1 fully saturated rings. The number of halogens is 3. The highest BCUT2D eigenvalue weighted by atomic mass is 79.9. The van der Waals surface area contributed by atoms with Gasteiger partial charge < -0.3 is 10.1 Å². The molecule has 0 atom stereocenters. The van der Waals surface area contributed by atoms with Crippen molar-refractivity contribution < 1.29 is 13.5 Å². The molecule has 0 aliphatic heterocycles. The summed E-state index contributed by atoms with van der Waals surface area (Å²) >= 11 is 3.24. The summed E-state index contributed by atoms with van der Waals surface area (Å²) in [7, 11) is 0. The summed E-state index contributed by atoms with van der Waals surface area (Å²) in [5.41, 5.74) is 1.07. The third-order valence-corrected chi connectivity index (χ3v) is 3.78. The SMILES string of the molecule is FC(F)Oc1ccc(CNC2CCCC2)cc1Br. The van der Waals surface area contributed by atoms with Crippen molar-refractivity contribution in [2.45, 2.75) is 44.9 Å². The Morgan fingerprint density at radius 2 is 2.06 bits per heavy atom. The largest absolute Gasteiger partial charge is 0.434 e. The van der Waals surface area contributed by atoms with Gasteiger partial charge in [0.1, 0.15) is 5.75 Å². The summed E-state index contributed by atoms with van der Waals surface area (Å²) in [6.07, 6.45) is 5.05. The van der Waals surface area contributed by atoms with Crippen LogP contribution in [0.15, 0.2) is 22.7 Å². The van der Waals surface area contributed by atoms with E-state index in [0.717, 1.165) is 12.1 Å². The number of ether oxygens (including phenoxy) is 1. The highest BCUT2D eigenvalue weighted by Gasteiger charge is 2.14. The molecule has 1 N–H and O–H groups in total. The molecular formula is C13H16BrF2NO. The molecule has 1 aromatic carbocycles. The fourth-order valence-electron chi connectivity index (χ4n) is 2.24. The summed E-state index contributed by atoms with van der Waals surface area (Å²) in [4.78, 5) is 0. The maximum absolute atomic E-state index is 12.1. The lowest BCUT2D eigenvalue weighted by Gasteiger charge is -2.13. The fourth-order valence-corrected chi connectivity index (χ4v) is 2.76. The van der Waals surface area contributed by atoms with Gasteiger partial charge in [-0.1, -0.05) is 18.9 Å². The van der Waals surface area contributed by atoms with Crippen LogP contribution in [0.5, 0.6) is 5.75 Å². The molecule has 0 aromatic heterocycles. The molecule has 1 saturated carbocycles. The van der Waals surface area contributed by atoms with E-state index in [-0.39, 0.29) is 5.75 Å². The first-order valence-corrected chi connectivity index (χ1v) is 6.91. The van der Waals surface area contributed by atoms with Gasteiger partial charge in [-0.05, 0) is 46.5 Å². The van der Waals surface area contributed by atoms with Crippen LogP contribution in [0.25, 0.3) is 0 Å². The van der Waals surface area contributed by atoms with E-state index >= 15 is 0 Å². The van der Waals surface area contributed by atoms with Crippen LogP contribution in [-0.4, -0.2) is 12.7 Å². The quantitative estimate of drug-likeness (QED) is 0.882. The molecule has 0 saturated heterocycles. The van der Waals surface area contributed by atoms with E-state index in [9.17, 15) is 8.78 Å². The van der Waals surface area contributed by atoms with Crippen LogP contribution in [0.3, 0.4) is 0 Å². The minimum atomic E-state index is -2.79. The van der Waals surface area contributed by atoms with Crippen molar-refractivity contribution in [3.63, 3.8) is 0 Å². The Hall–Kier alpha value is -0.680. The second kappa shape index (κ2) is 6.48. The van der Waals surface area contributed by atoms with Gasteiger partial charge in [-0.2, -0.15) is 8.78 Å². The molecule has 0 radical (unpaired) electrons. The van der Waals surface area contributed by atoms with E-state index in [2.05, 4.69) is 26.0 Å². The van der Waals surface area contributed by atoms with Gasteiger partial charge in [0.25, 0.3) is 0 Å². The molecule has 0 bridgehead atoms. The average Bonchev–Trinajstić information content (AvgIpc) is 2.82. The molecule has 0 spiro atoms. The number of hydrogen-bond donors (Lipinski definition) is 1. The molecule has 0 heterocycles. The van der Waals surface area contributed by atoms with Gasteiger partial charge >= 0.3 is 6.61 Å². The standard InChI is InChI=1S/C13H16BrF2NO/c14-11-7-9(5-6-12(11)18-13(15)16)8-17-10-3-1-2-4-10/h5-7,10,13,17H,1-4,8H2. The molecule has 5 heteroatoms. The van der Waals surface area contributed by atoms with Gasteiger partial charge in [0.15, 0.2) is 0 Å². The van der Waals surface area contributed by atoms with Gasteiger partial charge in [0, 0.05) is 12.6 Å². The van der Waals surface area contributed by atoms with Crippen molar-refractivity contribution in [1.29, 1.82) is 0 Å². The first-order valence-electron chi connectivity index (χ1n) is 6.12. The number of alkyl halides is 2. The Morgan fingerprint density at radius 1 is 1.33 bits per heavy atom. The molecule has 1 aliphatic carbocycles. The van der Waals surface area contributed by atoms with Crippen LogP contribution in [0.1, 0.15) is 31.2 Å². The van der Waals surface area contributed by atoms with E-state index in [1.165, 1.54) is 25.7 Å². The molecule has 1 aromatic rings. The van der Waals surface area contributed by atoms with Crippen LogP contribution < -0.4 is 10.1 Å². The highest BCUT2D eigenvalue weighted by Crippen LogP contribution is 2.27. The Kier molecular flexibility index (Phi) is 4.95. The van der Waals surface area contributed by atoms with Gasteiger partial charge in [-0.25, -0.2) is 0 Å². The predicted molar refractivity (Wildman–Crippen MR) is 69.9 cm³/mol. The smallest absolute Gasteiger partial charge is 0.387 e. The van der Waals surface area contributed by atoms with Gasteiger partial charge in [-0.3, -0.25) is 0 Å². The van der Waals surface area contributed by atoms with Crippen molar-refractivity contribution >= 4 is 15.9 Å². The topological polar surface area (TPSA) is 21.3 Å². The second-order valence-corrected chi connectivity index (χ2v) is 5.36. The monoisotopic (exact) mass is 319 g/mol. The molecular weight excluding hydrogens is 304 g/mol. The van der Waals surface area contributed by atoms with Crippen LogP contribution in [0, 0.1) is 0 Å². The minimum Gasteiger partial charge on any atom is -0.434 e. The lowest BCUT2D eigenvalue weighted by molar-refractivity contribution is -0.0503. The zero-order valence-corrected chi connectivity index (χ0v) is 11.6. The Bertz CT molecular complexity index is 395. The second-order valence-electron chi connectivity index (χ2n) is 4.51. The first-order chi connectivity index (χ1) is 8.65. The maximum atomic E-state index is 12.1. The van der Waals surface area contributed by atoms with E-state index in [0.29, 0.717) is 10.5 Å². The number of nitrogens with one attached hydrogen (secondary N) is 1. The van der Waals surface area contributed by atoms with E-state index < -0.39 is 6.61 Å². The summed E-state index contributed by atoms with van der Waals surface area (Å²) in [6.45, 7) is -2.03. The van der Waals surface area contributed by atoms with Gasteiger partial charge in [0.05, 0.1) is 4.47 Å². The van der Waals surface area contributed by atoms with Gasteiger partial charge in [-0.15, -0.1) is 0 Å². The molecule has 0 amide bonds. The van der Waals surface area contributed by atoms with Crippen LogP contribution in [0.4, 0.5) is 8.78 Å². The predicted octanol–water partition coefficient (Wildman–Crippen LogP) is 4.08. The van der Waals surface area contributed by atoms with Crippen molar-refractivity contribution in [1.82, 2.24) is 5.32 Å². The first kappa shape index (κ1) is 13.7. The summed E-state index contributed by atoms with van der Waals surface area (Å²) in [5, 5.41) is 3.48. The molecule has 2 nitrogen and oxygen atoms in total. The highest BCUT2D eigenvalue weighted by molar-refractivity contribution is 9.10. The van der Waals surface area contributed by atoms with Crippen molar-refractivity contribution in [3.8, 4) is 5.75 Å². The molecule has 100 valence electrons. The Balaban J connectivity index is 1.91. The third-order valence-electron chi connectivity index (χ3n) is 3.16.